The maximum absolute atomic E-state index is 12.9. The van der Waals surface area contributed by atoms with Gasteiger partial charge in [0.1, 0.15) is 11.4 Å². The zero-order chi connectivity index (χ0) is 23.4. The molecule has 1 aromatic heterocycles. The Morgan fingerprint density at radius 1 is 1.30 bits per heavy atom. The van der Waals surface area contributed by atoms with E-state index >= 15 is 0 Å². The molecule has 2 aliphatic rings. The molecule has 1 N–H and O–H groups in total. The molecule has 8 heteroatoms. The average Bonchev–Trinajstić information content (AvgIpc) is 3.10. The molecule has 1 saturated heterocycles. The van der Waals surface area contributed by atoms with E-state index in [1.54, 1.807) is 19.2 Å². The number of methoxy groups -OCH3 is 1. The standard InChI is InChI=1S/C25H33N3O5/c1-4-28-22-20(15-25(16-26-23(22)29)9-12-32-13-10-25)21(27-28)6-5-11-33-24(30)19-8-7-18(31-3)14-17(19)2/h7-8,14H,4-6,9-13,15-16H2,1-3H3,(H,26,29). The van der Waals surface area contributed by atoms with Gasteiger partial charge >= 0.3 is 5.97 Å². The Balaban J connectivity index is 1.44. The van der Waals surface area contributed by atoms with Crippen LogP contribution in [0.1, 0.15) is 63.9 Å². The van der Waals surface area contributed by atoms with Crippen molar-refractivity contribution < 1.29 is 23.8 Å². The van der Waals surface area contributed by atoms with Gasteiger partial charge in [-0.2, -0.15) is 5.10 Å². The summed E-state index contributed by atoms with van der Waals surface area (Å²) in [5.41, 5.74) is 4.05. The van der Waals surface area contributed by atoms with Gasteiger partial charge in [-0.25, -0.2) is 4.79 Å². The first-order valence-corrected chi connectivity index (χ1v) is 11.7. The maximum atomic E-state index is 12.9. The summed E-state index contributed by atoms with van der Waals surface area (Å²) in [6, 6.07) is 5.30. The van der Waals surface area contributed by atoms with E-state index in [0.29, 0.717) is 49.5 Å². The molecule has 0 saturated carbocycles. The summed E-state index contributed by atoms with van der Waals surface area (Å²) >= 11 is 0. The van der Waals surface area contributed by atoms with Gasteiger partial charge in [0.15, 0.2) is 0 Å². The first kappa shape index (κ1) is 23.3. The van der Waals surface area contributed by atoms with Crippen molar-refractivity contribution in [3.63, 3.8) is 0 Å². The predicted octanol–water partition coefficient (Wildman–Crippen LogP) is 3.09. The monoisotopic (exact) mass is 455 g/mol. The third-order valence-electron chi connectivity index (χ3n) is 6.82. The van der Waals surface area contributed by atoms with Crippen LogP contribution in [0.4, 0.5) is 0 Å². The lowest BCUT2D eigenvalue weighted by Crippen LogP contribution is -2.40. The number of rotatable bonds is 7. The van der Waals surface area contributed by atoms with E-state index in [1.165, 1.54) is 0 Å². The molecule has 8 nitrogen and oxygen atoms in total. The summed E-state index contributed by atoms with van der Waals surface area (Å²) in [5, 5.41) is 7.89. The highest BCUT2D eigenvalue weighted by Gasteiger charge is 2.39. The lowest BCUT2D eigenvalue weighted by Gasteiger charge is -2.36. The number of nitrogens with zero attached hydrogens (tertiary/aromatic N) is 2. The molecule has 0 atom stereocenters. The Hall–Kier alpha value is -2.87. The lowest BCUT2D eigenvalue weighted by molar-refractivity contribution is 0.0160. The van der Waals surface area contributed by atoms with Gasteiger partial charge in [-0.05, 0) is 75.1 Å². The van der Waals surface area contributed by atoms with Crippen LogP contribution in [0.2, 0.25) is 0 Å². The molecule has 1 spiro atoms. The molecule has 4 rings (SSSR count). The molecule has 0 unspecified atom stereocenters. The van der Waals surface area contributed by atoms with E-state index in [-0.39, 0.29) is 17.3 Å². The molecule has 1 aromatic carbocycles. The van der Waals surface area contributed by atoms with Crippen LogP contribution in [0, 0.1) is 12.3 Å². The first-order valence-electron chi connectivity index (χ1n) is 11.7. The van der Waals surface area contributed by atoms with Gasteiger partial charge in [-0.1, -0.05) is 0 Å². The zero-order valence-electron chi connectivity index (χ0n) is 19.7. The number of carbonyl (C=O) groups is 2. The summed E-state index contributed by atoms with van der Waals surface area (Å²) < 4.78 is 18.1. The third-order valence-corrected chi connectivity index (χ3v) is 6.82. The number of ether oxygens (including phenoxy) is 3. The number of aromatic nitrogens is 2. The van der Waals surface area contributed by atoms with Crippen LogP contribution in [0.5, 0.6) is 5.75 Å². The lowest BCUT2D eigenvalue weighted by atomic mass is 9.75. The number of hydrogen-bond acceptors (Lipinski definition) is 6. The topological polar surface area (TPSA) is 91.7 Å². The van der Waals surface area contributed by atoms with Crippen LogP contribution < -0.4 is 10.1 Å². The number of nitrogens with one attached hydrogen (secondary N) is 1. The number of hydrogen-bond donors (Lipinski definition) is 1. The smallest absolute Gasteiger partial charge is 0.338 e. The summed E-state index contributed by atoms with van der Waals surface area (Å²) in [6.45, 7) is 6.92. The van der Waals surface area contributed by atoms with Crippen LogP contribution in [0.25, 0.3) is 0 Å². The summed E-state index contributed by atoms with van der Waals surface area (Å²) in [7, 11) is 1.60. The number of carbonyl (C=O) groups excluding carboxylic acids is 2. The molecular weight excluding hydrogens is 422 g/mol. The Bertz CT molecular complexity index is 1020. The van der Waals surface area contributed by atoms with Gasteiger partial charge in [0.25, 0.3) is 5.91 Å². The normalized spacial score (nSPS) is 17.2. The fourth-order valence-corrected chi connectivity index (χ4v) is 4.84. The summed E-state index contributed by atoms with van der Waals surface area (Å²) in [4.78, 5) is 25.4. The number of esters is 1. The molecule has 3 heterocycles. The van der Waals surface area contributed by atoms with Gasteiger partial charge in [-0.3, -0.25) is 9.48 Å². The molecule has 0 radical (unpaired) electrons. The molecule has 0 aliphatic carbocycles. The van der Waals surface area contributed by atoms with Crippen molar-refractivity contribution in [1.82, 2.24) is 15.1 Å². The second-order valence-electron chi connectivity index (χ2n) is 8.98. The molecule has 0 bridgehead atoms. The highest BCUT2D eigenvalue weighted by molar-refractivity contribution is 5.95. The van der Waals surface area contributed by atoms with Gasteiger partial charge in [-0.15, -0.1) is 0 Å². The van der Waals surface area contributed by atoms with Gasteiger partial charge < -0.3 is 19.5 Å². The van der Waals surface area contributed by atoms with Crippen molar-refractivity contribution >= 4 is 11.9 Å². The second kappa shape index (κ2) is 9.95. The molecule has 1 amide bonds. The number of benzene rings is 1. The largest absolute Gasteiger partial charge is 0.497 e. The first-order chi connectivity index (χ1) is 16.0. The highest BCUT2D eigenvalue weighted by Crippen LogP contribution is 2.37. The minimum absolute atomic E-state index is 0.0217. The minimum atomic E-state index is -0.339. The molecule has 33 heavy (non-hydrogen) atoms. The Kier molecular flexibility index (Phi) is 7.02. The Morgan fingerprint density at radius 2 is 2.09 bits per heavy atom. The van der Waals surface area contributed by atoms with Crippen LogP contribution in [-0.2, 0) is 28.9 Å². The van der Waals surface area contributed by atoms with E-state index in [0.717, 1.165) is 49.3 Å². The molecule has 178 valence electrons. The second-order valence-corrected chi connectivity index (χ2v) is 8.98. The van der Waals surface area contributed by atoms with Crippen LogP contribution in [0.15, 0.2) is 18.2 Å². The van der Waals surface area contributed by atoms with Crippen molar-refractivity contribution in [3.8, 4) is 5.75 Å². The number of amides is 1. The Labute approximate surface area is 194 Å². The Morgan fingerprint density at radius 3 is 2.79 bits per heavy atom. The molecule has 2 aromatic rings. The molecule has 1 fully saturated rings. The highest BCUT2D eigenvalue weighted by atomic mass is 16.5. The summed E-state index contributed by atoms with van der Waals surface area (Å²) in [5.74, 6) is 0.326. The SMILES string of the molecule is CCn1nc(CCCOC(=O)c2ccc(OC)cc2C)c2c1C(=O)NCC1(CCOCC1)C2. The number of fused-ring (bicyclic) bond motifs is 1. The van der Waals surface area contributed by atoms with Crippen LogP contribution in [-0.4, -0.2) is 55.1 Å². The summed E-state index contributed by atoms with van der Waals surface area (Å²) in [6.07, 6.45) is 3.99. The van der Waals surface area contributed by atoms with Crippen molar-refractivity contribution in [2.24, 2.45) is 5.41 Å². The fraction of sp³-hybridized carbons (Fsp3) is 0.560. The van der Waals surface area contributed by atoms with Gasteiger partial charge in [0.2, 0.25) is 0 Å². The molecular formula is C25H33N3O5. The zero-order valence-corrected chi connectivity index (χ0v) is 19.7. The predicted molar refractivity (Wildman–Crippen MR) is 123 cm³/mol. The molecule has 2 aliphatic heterocycles. The third kappa shape index (κ3) is 4.90. The van der Waals surface area contributed by atoms with Crippen molar-refractivity contribution in [2.45, 2.75) is 52.5 Å². The maximum Gasteiger partial charge on any atom is 0.338 e. The van der Waals surface area contributed by atoms with Gasteiger partial charge in [0, 0.05) is 31.9 Å². The van der Waals surface area contributed by atoms with E-state index in [1.807, 2.05) is 24.6 Å². The fourth-order valence-electron chi connectivity index (χ4n) is 4.84. The van der Waals surface area contributed by atoms with E-state index in [4.69, 9.17) is 19.3 Å². The average molecular weight is 456 g/mol. The van der Waals surface area contributed by atoms with E-state index in [2.05, 4.69) is 5.32 Å². The van der Waals surface area contributed by atoms with E-state index < -0.39 is 0 Å². The van der Waals surface area contributed by atoms with Crippen LogP contribution in [0.3, 0.4) is 0 Å². The van der Waals surface area contributed by atoms with Crippen LogP contribution >= 0.6 is 0 Å². The van der Waals surface area contributed by atoms with Crippen molar-refractivity contribution in [3.05, 3.63) is 46.3 Å². The van der Waals surface area contributed by atoms with Gasteiger partial charge in [0.05, 0.1) is 25.0 Å². The minimum Gasteiger partial charge on any atom is -0.497 e. The van der Waals surface area contributed by atoms with E-state index in [9.17, 15) is 9.59 Å². The van der Waals surface area contributed by atoms with Crippen molar-refractivity contribution in [2.75, 3.05) is 33.5 Å². The quantitative estimate of drug-likeness (QED) is 0.510. The number of aryl methyl sites for hydroxylation is 3. The van der Waals surface area contributed by atoms with Crippen molar-refractivity contribution in [1.29, 1.82) is 0 Å².